The van der Waals surface area contributed by atoms with Gasteiger partial charge in [-0.05, 0) is 29.2 Å². The van der Waals surface area contributed by atoms with Crippen LogP contribution in [0.2, 0.25) is 0 Å². The lowest BCUT2D eigenvalue weighted by Gasteiger charge is -2.05. The quantitative estimate of drug-likeness (QED) is 0.735. The largest absolute Gasteiger partial charge is 0.364 e. The molecule has 1 aromatic heterocycles. The van der Waals surface area contributed by atoms with Gasteiger partial charge < -0.3 is 10.6 Å². The average Bonchev–Trinajstić information content (AvgIpc) is 2.96. The Kier molecular flexibility index (Phi) is 4.33. The van der Waals surface area contributed by atoms with E-state index in [4.69, 9.17) is 0 Å². The molecular formula is C17H14N4S. The molecule has 0 aliphatic carbocycles. The lowest BCUT2D eigenvalue weighted by molar-refractivity contribution is 1.13. The molecule has 0 fully saturated rings. The molecule has 22 heavy (non-hydrogen) atoms. The monoisotopic (exact) mass is 306 g/mol. The fourth-order valence-electron chi connectivity index (χ4n) is 2.03. The van der Waals surface area contributed by atoms with Gasteiger partial charge in [-0.1, -0.05) is 48.5 Å². The predicted octanol–water partition coefficient (Wildman–Crippen LogP) is 4.37. The molecular weight excluding hydrogens is 292 g/mol. The molecule has 108 valence electrons. The Balaban J connectivity index is 1.75. The maximum atomic E-state index is 9.40. The zero-order valence-electron chi connectivity index (χ0n) is 11.8. The summed E-state index contributed by atoms with van der Waals surface area (Å²) in [6, 6.07) is 22.0. The highest BCUT2D eigenvalue weighted by Gasteiger charge is 2.13. The van der Waals surface area contributed by atoms with Crippen LogP contribution in [0.1, 0.15) is 11.1 Å². The van der Waals surface area contributed by atoms with Crippen molar-refractivity contribution >= 4 is 28.0 Å². The minimum absolute atomic E-state index is 0.546. The summed E-state index contributed by atoms with van der Waals surface area (Å²) in [5.41, 5.74) is 2.64. The van der Waals surface area contributed by atoms with Crippen LogP contribution in [-0.4, -0.2) is 4.37 Å². The van der Waals surface area contributed by atoms with Crippen LogP contribution in [0.5, 0.6) is 0 Å². The molecule has 2 N–H and O–H groups in total. The number of rotatable bonds is 5. The summed E-state index contributed by atoms with van der Waals surface area (Å²) in [5.74, 6) is 0.620. The smallest absolute Gasteiger partial charge is 0.160 e. The van der Waals surface area contributed by atoms with Gasteiger partial charge in [-0.15, -0.1) is 0 Å². The van der Waals surface area contributed by atoms with Gasteiger partial charge in [-0.3, -0.25) is 0 Å². The maximum Gasteiger partial charge on any atom is 0.160 e. The molecule has 0 spiro atoms. The molecule has 0 amide bonds. The van der Waals surface area contributed by atoms with E-state index >= 15 is 0 Å². The molecule has 0 saturated heterocycles. The molecule has 4 nitrogen and oxygen atoms in total. The molecule has 0 unspecified atom stereocenters. The van der Waals surface area contributed by atoms with Crippen molar-refractivity contribution in [3.63, 3.8) is 0 Å². The van der Waals surface area contributed by atoms with Crippen molar-refractivity contribution < 1.29 is 0 Å². The molecule has 2 aromatic carbocycles. The Morgan fingerprint density at radius 3 is 2.36 bits per heavy atom. The number of para-hydroxylation sites is 1. The van der Waals surface area contributed by atoms with Crippen LogP contribution in [-0.2, 0) is 6.54 Å². The molecule has 0 atom stereocenters. The SMILES string of the molecule is N#Cc1c(NCc2ccccc2)nsc1Nc1ccccc1. The van der Waals surface area contributed by atoms with Crippen molar-refractivity contribution in [3.05, 3.63) is 71.8 Å². The fourth-order valence-corrected chi connectivity index (χ4v) is 2.77. The first-order valence-electron chi connectivity index (χ1n) is 6.86. The fraction of sp³-hybridized carbons (Fsp3) is 0.0588. The first-order valence-corrected chi connectivity index (χ1v) is 7.64. The van der Waals surface area contributed by atoms with E-state index in [1.54, 1.807) is 0 Å². The van der Waals surface area contributed by atoms with Crippen LogP contribution in [0.15, 0.2) is 60.7 Å². The maximum absolute atomic E-state index is 9.40. The molecule has 3 aromatic rings. The first-order chi connectivity index (χ1) is 10.9. The highest BCUT2D eigenvalue weighted by Crippen LogP contribution is 2.30. The van der Waals surface area contributed by atoms with Crippen LogP contribution in [0.25, 0.3) is 0 Å². The summed E-state index contributed by atoms with van der Waals surface area (Å²) in [6.07, 6.45) is 0. The number of anilines is 3. The standard InChI is InChI=1S/C17H14N4S/c18-11-15-16(19-12-13-7-3-1-4-8-13)21-22-17(15)20-14-9-5-2-6-10-14/h1-10,20H,12H2,(H,19,21). The van der Waals surface area contributed by atoms with Crippen molar-refractivity contribution in [2.75, 3.05) is 10.6 Å². The first kappa shape index (κ1) is 14.1. The minimum Gasteiger partial charge on any atom is -0.364 e. The van der Waals surface area contributed by atoms with Gasteiger partial charge in [-0.25, -0.2) is 0 Å². The minimum atomic E-state index is 0.546. The molecule has 0 radical (unpaired) electrons. The third-order valence-corrected chi connectivity index (χ3v) is 3.90. The second-order valence-corrected chi connectivity index (χ2v) is 5.45. The van der Waals surface area contributed by atoms with Gasteiger partial charge >= 0.3 is 0 Å². The Morgan fingerprint density at radius 1 is 1.00 bits per heavy atom. The van der Waals surface area contributed by atoms with Crippen molar-refractivity contribution in [2.24, 2.45) is 0 Å². The number of hydrogen-bond donors (Lipinski definition) is 2. The van der Waals surface area contributed by atoms with E-state index in [9.17, 15) is 5.26 Å². The summed E-state index contributed by atoms with van der Waals surface area (Å²) in [4.78, 5) is 0. The van der Waals surface area contributed by atoms with E-state index < -0.39 is 0 Å². The lowest BCUT2D eigenvalue weighted by Crippen LogP contribution is -2.01. The van der Waals surface area contributed by atoms with E-state index in [-0.39, 0.29) is 0 Å². The van der Waals surface area contributed by atoms with E-state index in [2.05, 4.69) is 21.1 Å². The van der Waals surface area contributed by atoms with Gasteiger partial charge in [0.2, 0.25) is 0 Å². The summed E-state index contributed by atoms with van der Waals surface area (Å²) in [5, 5.41) is 16.6. The van der Waals surface area contributed by atoms with Crippen LogP contribution in [0.4, 0.5) is 16.5 Å². The number of nitriles is 1. The molecule has 0 aliphatic rings. The molecule has 5 heteroatoms. The van der Waals surface area contributed by atoms with Crippen molar-refractivity contribution in [1.82, 2.24) is 4.37 Å². The van der Waals surface area contributed by atoms with Gasteiger partial charge in [0.05, 0.1) is 0 Å². The zero-order chi connectivity index (χ0) is 15.2. The normalized spacial score (nSPS) is 9.95. The molecule has 0 saturated carbocycles. The second kappa shape index (κ2) is 6.74. The van der Waals surface area contributed by atoms with E-state index in [0.717, 1.165) is 16.3 Å². The molecule has 0 bridgehead atoms. The number of aromatic nitrogens is 1. The molecule has 1 heterocycles. The highest BCUT2D eigenvalue weighted by atomic mass is 32.1. The topological polar surface area (TPSA) is 60.7 Å². The summed E-state index contributed by atoms with van der Waals surface area (Å²) in [7, 11) is 0. The second-order valence-electron chi connectivity index (χ2n) is 4.68. The Morgan fingerprint density at radius 2 is 1.68 bits per heavy atom. The highest BCUT2D eigenvalue weighted by molar-refractivity contribution is 7.10. The van der Waals surface area contributed by atoms with E-state index in [1.807, 2.05) is 60.7 Å². The van der Waals surface area contributed by atoms with Crippen molar-refractivity contribution in [1.29, 1.82) is 5.26 Å². The number of nitrogens with zero attached hydrogens (tertiary/aromatic N) is 2. The van der Waals surface area contributed by atoms with Crippen LogP contribution < -0.4 is 10.6 Å². The van der Waals surface area contributed by atoms with E-state index in [0.29, 0.717) is 17.9 Å². The third kappa shape index (κ3) is 3.25. The zero-order valence-corrected chi connectivity index (χ0v) is 12.6. The van der Waals surface area contributed by atoms with Crippen LogP contribution in [0, 0.1) is 11.3 Å². The third-order valence-electron chi connectivity index (χ3n) is 3.14. The summed E-state index contributed by atoms with van der Waals surface area (Å²) >= 11 is 1.28. The van der Waals surface area contributed by atoms with Crippen LogP contribution in [0.3, 0.4) is 0 Å². The average molecular weight is 306 g/mol. The summed E-state index contributed by atoms with van der Waals surface area (Å²) in [6.45, 7) is 0.643. The van der Waals surface area contributed by atoms with Crippen molar-refractivity contribution in [2.45, 2.75) is 6.54 Å². The van der Waals surface area contributed by atoms with E-state index in [1.165, 1.54) is 11.5 Å². The molecule has 0 aliphatic heterocycles. The van der Waals surface area contributed by atoms with Gasteiger partial charge in [0.25, 0.3) is 0 Å². The Bertz CT molecular complexity index is 775. The van der Waals surface area contributed by atoms with Gasteiger partial charge in [0, 0.05) is 12.2 Å². The number of nitrogens with one attached hydrogen (secondary N) is 2. The van der Waals surface area contributed by atoms with Gasteiger partial charge in [0.15, 0.2) is 5.82 Å². The predicted molar refractivity (Wildman–Crippen MR) is 90.3 cm³/mol. The lowest BCUT2D eigenvalue weighted by atomic mass is 10.2. The summed E-state index contributed by atoms with van der Waals surface area (Å²) < 4.78 is 4.34. The van der Waals surface area contributed by atoms with Crippen molar-refractivity contribution in [3.8, 4) is 6.07 Å². The number of hydrogen-bond acceptors (Lipinski definition) is 5. The van der Waals surface area contributed by atoms with Gasteiger partial charge in [-0.2, -0.15) is 9.64 Å². The Hall–Kier alpha value is -2.84. The van der Waals surface area contributed by atoms with Crippen LogP contribution >= 0.6 is 11.5 Å². The Labute approximate surface area is 133 Å². The molecule has 3 rings (SSSR count). The van der Waals surface area contributed by atoms with Gasteiger partial charge in [0.1, 0.15) is 16.6 Å². The number of benzene rings is 2.